The van der Waals surface area contributed by atoms with Crippen LogP contribution in [0.1, 0.15) is 26.3 Å². The Balaban J connectivity index is 2.20. The maximum absolute atomic E-state index is 12.1. The zero-order chi connectivity index (χ0) is 15.9. The molecule has 0 aliphatic rings. The highest BCUT2D eigenvalue weighted by atomic mass is 16.5. The third kappa shape index (κ3) is 3.61. The van der Waals surface area contributed by atoms with Crippen molar-refractivity contribution in [3.05, 3.63) is 71.3 Å². The fraction of sp³-hybridized carbons (Fsp3) is 0.111. The van der Waals surface area contributed by atoms with Crippen LogP contribution in [0.4, 0.5) is 0 Å². The van der Waals surface area contributed by atoms with Gasteiger partial charge in [-0.1, -0.05) is 24.3 Å². The molecule has 0 atom stereocenters. The van der Waals surface area contributed by atoms with E-state index >= 15 is 0 Å². The first-order valence-electron chi connectivity index (χ1n) is 6.69. The Morgan fingerprint density at radius 3 is 2.27 bits per heavy atom. The number of allylic oxidation sites excluding steroid dienone is 1. The van der Waals surface area contributed by atoms with Crippen molar-refractivity contribution < 1.29 is 19.1 Å². The summed E-state index contributed by atoms with van der Waals surface area (Å²) in [5.41, 5.74) is 1.60. The van der Waals surface area contributed by atoms with Gasteiger partial charge in [-0.15, -0.1) is 0 Å². The molecule has 4 heteroatoms. The van der Waals surface area contributed by atoms with Crippen LogP contribution >= 0.6 is 0 Å². The average molecular weight is 296 g/mol. The van der Waals surface area contributed by atoms with Gasteiger partial charge in [-0.3, -0.25) is 4.79 Å². The van der Waals surface area contributed by atoms with Gasteiger partial charge in [0.2, 0.25) is 0 Å². The Labute approximate surface area is 129 Å². The van der Waals surface area contributed by atoms with E-state index in [1.165, 1.54) is 13.2 Å². The number of carbonyl (C=O) groups is 2. The number of carbonyl (C=O) groups excluding carboxylic acids is 2. The van der Waals surface area contributed by atoms with Gasteiger partial charge in [0.05, 0.1) is 19.8 Å². The molecule has 0 N–H and O–H groups in total. The van der Waals surface area contributed by atoms with E-state index in [1.54, 1.807) is 61.7 Å². The summed E-state index contributed by atoms with van der Waals surface area (Å²) in [5, 5.41) is 0. The van der Waals surface area contributed by atoms with Crippen molar-refractivity contribution in [1.29, 1.82) is 0 Å². The maximum atomic E-state index is 12.1. The van der Waals surface area contributed by atoms with Gasteiger partial charge in [0, 0.05) is 5.56 Å². The lowest BCUT2D eigenvalue weighted by molar-refractivity contribution is 0.0600. The molecule has 0 aliphatic carbocycles. The van der Waals surface area contributed by atoms with Crippen molar-refractivity contribution in [2.75, 3.05) is 14.2 Å². The van der Waals surface area contributed by atoms with Crippen LogP contribution in [0, 0.1) is 0 Å². The normalized spacial score (nSPS) is 10.5. The summed E-state index contributed by atoms with van der Waals surface area (Å²) >= 11 is 0. The monoisotopic (exact) mass is 296 g/mol. The lowest BCUT2D eigenvalue weighted by Crippen LogP contribution is -2.03. The Morgan fingerprint density at radius 1 is 0.955 bits per heavy atom. The predicted molar refractivity (Wildman–Crippen MR) is 84.1 cm³/mol. The Hall–Kier alpha value is -2.88. The van der Waals surface area contributed by atoms with Crippen LogP contribution in [-0.2, 0) is 4.74 Å². The van der Waals surface area contributed by atoms with Crippen LogP contribution in [0.2, 0.25) is 0 Å². The molecule has 2 aromatic rings. The summed E-state index contributed by atoms with van der Waals surface area (Å²) in [6.45, 7) is 0. The van der Waals surface area contributed by atoms with Crippen LogP contribution in [0.5, 0.6) is 5.75 Å². The first-order chi connectivity index (χ1) is 10.7. The molecule has 0 spiro atoms. The summed E-state index contributed by atoms with van der Waals surface area (Å²) in [6, 6.07) is 13.8. The van der Waals surface area contributed by atoms with E-state index in [0.29, 0.717) is 22.4 Å². The number of rotatable bonds is 5. The molecule has 0 bridgehead atoms. The van der Waals surface area contributed by atoms with E-state index in [9.17, 15) is 9.59 Å². The highest BCUT2D eigenvalue weighted by molar-refractivity contribution is 6.07. The second-order valence-corrected chi connectivity index (χ2v) is 4.50. The lowest BCUT2D eigenvalue weighted by atomic mass is 10.1. The molecule has 2 aromatic carbocycles. The van der Waals surface area contributed by atoms with Crippen molar-refractivity contribution in [1.82, 2.24) is 0 Å². The molecule has 0 radical (unpaired) electrons. The van der Waals surface area contributed by atoms with Crippen molar-refractivity contribution in [2.24, 2.45) is 0 Å². The largest absolute Gasteiger partial charge is 0.497 e. The van der Waals surface area contributed by atoms with Crippen molar-refractivity contribution in [2.45, 2.75) is 0 Å². The number of benzene rings is 2. The van der Waals surface area contributed by atoms with E-state index in [0.717, 1.165) is 0 Å². The predicted octanol–water partition coefficient (Wildman–Crippen LogP) is 3.38. The number of ketones is 1. The van der Waals surface area contributed by atoms with Gasteiger partial charge in [0.25, 0.3) is 0 Å². The highest BCUT2D eigenvalue weighted by Gasteiger charge is 2.09. The average Bonchev–Trinajstić information content (AvgIpc) is 2.59. The standard InChI is InChI=1S/C18H16O4/c1-21-15-10-7-14(8-11-15)17(19)12-9-13-5-3-4-6-16(13)18(20)22-2/h3-12H,1-2H3/b12-9+. The van der Waals surface area contributed by atoms with Gasteiger partial charge in [0.1, 0.15) is 5.75 Å². The van der Waals surface area contributed by atoms with Gasteiger partial charge in [-0.05, 0) is 42.0 Å². The molecule has 0 saturated carbocycles. The van der Waals surface area contributed by atoms with Crippen molar-refractivity contribution in [3.63, 3.8) is 0 Å². The molecule has 0 amide bonds. The zero-order valence-electron chi connectivity index (χ0n) is 12.4. The topological polar surface area (TPSA) is 52.6 Å². The minimum atomic E-state index is -0.433. The summed E-state index contributed by atoms with van der Waals surface area (Å²) in [5.74, 6) is 0.107. The van der Waals surface area contributed by atoms with Crippen LogP contribution in [-0.4, -0.2) is 26.0 Å². The minimum absolute atomic E-state index is 0.151. The van der Waals surface area contributed by atoms with Crippen LogP contribution in [0.15, 0.2) is 54.6 Å². The molecule has 0 heterocycles. The first-order valence-corrected chi connectivity index (χ1v) is 6.69. The summed E-state index contributed by atoms with van der Waals surface area (Å²) < 4.78 is 9.77. The van der Waals surface area contributed by atoms with E-state index < -0.39 is 5.97 Å². The van der Waals surface area contributed by atoms with Gasteiger partial charge in [-0.25, -0.2) is 4.79 Å². The second-order valence-electron chi connectivity index (χ2n) is 4.50. The van der Waals surface area contributed by atoms with Gasteiger partial charge < -0.3 is 9.47 Å². The fourth-order valence-electron chi connectivity index (χ4n) is 1.96. The fourth-order valence-corrected chi connectivity index (χ4v) is 1.96. The smallest absolute Gasteiger partial charge is 0.338 e. The molecule has 112 valence electrons. The molecule has 0 aliphatic heterocycles. The molecule has 0 saturated heterocycles. The Morgan fingerprint density at radius 2 is 1.64 bits per heavy atom. The molecule has 0 fully saturated rings. The molecule has 4 nitrogen and oxygen atoms in total. The lowest BCUT2D eigenvalue weighted by Gasteiger charge is -2.03. The minimum Gasteiger partial charge on any atom is -0.497 e. The van der Waals surface area contributed by atoms with Gasteiger partial charge in [0.15, 0.2) is 5.78 Å². The van der Waals surface area contributed by atoms with Crippen LogP contribution < -0.4 is 4.74 Å². The molecule has 0 aromatic heterocycles. The highest BCUT2D eigenvalue weighted by Crippen LogP contribution is 2.15. The second kappa shape index (κ2) is 7.22. The van der Waals surface area contributed by atoms with E-state index in [-0.39, 0.29) is 5.78 Å². The van der Waals surface area contributed by atoms with Gasteiger partial charge >= 0.3 is 5.97 Å². The van der Waals surface area contributed by atoms with E-state index in [2.05, 4.69) is 0 Å². The van der Waals surface area contributed by atoms with E-state index in [1.807, 2.05) is 0 Å². The molecule has 22 heavy (non-hydrogen) atoms. The quantitative estimate of drug-likeness (QED) is 0.482. The Bertz CT molecular complexity index is 699. The summed E-state index contributed by atoms with van der Waals surface area (Å²) in [4.78, 5) is 23.8. The summed E-state index contributed by atoms with van der Waals surface area (Å²) in [6.07, 6.45) is 3.04. The van der Waals surface area contributed by atoms with Crippen molar-refractivity contribution in [3.8, 4) is 5.75 Å². The molecular weight excluding hydrogens is 280 g/mol. The molecule has 0 unspecified atom stereocenters. The van der Waals surface area contributed by atoms with Gasteiger partial charge in [-0.2, -0.15) is 0 Å². The maximum Gasteiger partial charge on any atom is 0.338 e. The van der Waals surface area contributed by atoms with Crippen molar-refractivity contribution >= 4 is 17.8 Å². The van der Waals surface area contributed by atoms with Crippen LogP contribution in [0.25, 0.3) is 6.08 Å². The third-order valence-corrected chi connectivity index (χ3v) is 3.15. The number of ether oxygens (including phenoxy) is 2. The third-order valence-electron chi connectivity index (χ3n) is 3.15. The number of hydrogen-bond donors (Lipinski definition) is 0. The molecule has 2 rings (SSSR count). The SMILES string of the molecule is COC(=O)c1ccccc1/C=C/C(=O)c1ccc(OC)cc1. The number of hydrogen-bond acceptors (Lipinski definition) is 4. The Kier molecular flexibility index (Phi) is 5.09. The first kappa shape index (κ1) is 15.5. The van der Waals surface area contributed by atoms with Crippen LogP contribution in [0.3, 0.4) is 0 Å². The molecular formula is C18H16O4. The number of methoxy groups -OCH3 is 2. The van der Waals surface area contributed by atoms with E-state index in [4.69, 9.17) is 9.47 Å². The summed E-state index contributed by atoms with van der Waals surface area (Å²) in [7, 11) is 2.89. The zero-order valence-corrected chi connectivity index (χ0v) is 12.4. The number of esters is 1.